The second kappa shape index (κ2) is 10.2. The van der Waals surface area contributed by atoms with Crippen LogP contribution in [0.3, 0.4) is 0 Å². The molecule has 2 amide bonds. The van der Waals surface area contributed by atoms with Crippen molar-refractivity contribution >= 4 is 28.7 Å². The molecule has 10 heteroatoms. The second-order valence-electron chi connectivity index (χ2n) is 10.7. The van der Waals surface area contributed by atoms with Crippen LogP contribution in [0.2, 0.25) is 0 Å². The van der Waals surface area contributed by atoms with Gasteiger partial charge in [0.05, 0.1) is 29.8 Å². The van der Waals surface area contributed by atoms with Gasteiger partial charge in [0.2, 0.25) is 17.7 Å². The van der Waals surface area contributed by atoms with Crippen LogP contribution in [0.4, 0.5) is 0 Å². The first-order valence-corrected chi connectivity index (χ1v) is 13.2. The normalized spacial score (nSPS) is 29.7. The summed E-state index contributed by atoms with van der Waals surface area (Å²) in [6.07, 6.45) is 8.40. The van der Waals surface area contributed by atoms with E-state index in [1.165, 1.54) is 6.33 Å². The van der Waals surface area contributed by atoms with E-state index >= 15 is 0 Å². The largest absolute Gasteiger partial charge is 0.496 e. The molecule has 10 nitrogen and oxygen atoms in total. The van der Waals surface area contributed by atoms with Crippen molar-refractivity contribution in [1.29, 1.82) is 0 Å². The molecule has 5 atom stereocenters. The van der Waals surface area contributed by atoms with E-state index in [4.69, 9.17) is 9.47 Å². The molecule has 0 radical (unpaired) electrons. The monoisotopic (exact) mass is 522 g/mol. The van der Waals surface area contributed by atoms with Gasteiger partial charge in [0.1, 0.15) is 23.7 Å². The average Bonchev–Trinajstić information content (AvgIpc) is 3.43. The molecule has 0 saturated heterocycles. The standard InChI is InChI=1S/C28H34N4O6/c1-16-22(37-3)10-9-19-23(16)29-15-30-25(19)38-18-12-20-21(13-18)26(34)32(2)11-7-5-4-6-8-17-14-28(17,27(35)36)31-24(20)33/h6,8-10,15,17-18,20-21H,4-5,7,11-14H2,1-3H3,(H,31,33)(H,35,36)/t17-,18-,20-,21?,28-/m1/s1. The minimum Gasteiger partial charge on any atom is -0.496 e. The van der Waals surface area contributed by atoms with Gasteiger partial charge in [0, 0.05) is 25.1 Å². The number of aryl methyl sites for hydroxylation is 1. The van der Waals surface area contributed by atoms with Gasteiger partial charge in [-0.2, -0.15) is 0 Å². The van der Waals surface area contributed by atoms with E-state index in [0.29, 0.717) is 36.5 Å². The SMILES string of the molecule is COc1ccc2c(O[C@H]3CC4C(=O)N(C)CCCCC=C[C@@H]5C[C@@]5(C(=O)O)NC(=O)[C@@H]4C3)ncnc2c1C. The van der Waals surface area contributed by atoms with Crippen molar-refractivity contribution in [2.75, 3.05) is 20.7 Å². The molecule has 2 heterocycles. The number of methoxy groups -OCH3 is 1. The highest BCUT2D eigenvalue weighted by molar-refractivity contribution is 5.94. The van der Waals surface area contributed by atoms with E-state index in [1.54, 1.807) is 19.1 Å². The summed E-state index contributed by atoms with van der Waals surface area (Å²) in [7, 11) is 3.36. The summed E-state index contributed by atoms with van der Waals surface area (Å²) in [5, 5.41) is 13.5. The number of hydrogen-bond donors (Lipinski definition) is 2. The number of nitrogens with one attached hydrogen (secondary N) is 1. The van der Waals surface area contributed by atoms with Gasteiger partial charge in [-0.05, 0) is 57.6 Å². The number of aliphatic carboxylic acids is 1. The van der Waals surface area contributed by atoms with Gasteiger partial charge >= 0.3 is 5.97 Å². The first-order chi connectivity index (χ1) is 18.2. The molecule has 0 spiro atoms. The van der Waals surface area contributed by atoms with Crippen LogP contribution in [0.5, 0.6) is 11.6 Å². The maximum atomic E-state index is 13.5. The summed E-state index contributed by atoms with van der Waals surface area (Å²) in [5.41, 5.74) is 0.256. The van der Waals surface area contributed by atoms with E-state index in [1.807, 2.05) is 31.2 Å². The quantitative estimate of drug-likeness (QED) is 0.586. The van der Waals surface area contributed by atoms with Crippen molar-refractivity contribution in [2.45, 2.75) is 57.1 Å². The molecular weight excluding hydrogens is 488 g/mol. The Bertz CT molecular complexity index is 1300. The summed E-state index contributed by atoms with van der Waals surface area (Å²) in [5.74, 6) is -2.04. The molecule has 2 saturated carbocycles. The van der Waals surface area contributed by atoms with Crippen molar-refractivity contribution < 1.29 is 29.0 Å². The molecule has 2 aliphatic carbocycles. The summed E-state index contributed by atoms with van der Waals surface area (Å²) >= 11 is 0. The van der Waals surface area contributed by atoms with E-state index < -0.39 is 35.4 Å². The van der Waals surface area contributed by atoms with E-state index in [9.17, 15) is 19.5 Å². The number of hydrogen-bond acceptors (Lipinski definition) is 7. The van der Waals surface area contributed by atoms with Crippen molar-refractivity contribution in [1.82, 2.24) is 20.2 Å². The fourth-order valence-electron chi connectivity index (χ4n) is 5.89. The predicted octanol–water partition coefficient (Wildman–Crippen LogP) is 2.88. The molecule has 202 valence electrons. The third kappa shape index (κ3) is 4.68. The van der Waals surface area contributed by atoms with Crippen molar-refractivity contribution in [3.8, 4) is 11.6 Å². The van der Waals surface area contributed by atoms with Crippen LogP contribution in [-0.4, -0.2) is 70.1 Å². The maximum Gasteiger partial charge on any atom is 0.330 e. The van der Waals surface area contributed by atoms with Gasteiger partial charge in [-0.25, -0.2) is 14.8 Å². The van der Waals surface area contributed by atoms with Crippen LogP contribution in [0.1, 0.15) is 44.1 Å². The van der Waals surface area contributed by atoms with Crippen LogP contribution in [0.15, 0.2) is 30.6 Å². The zero-order valence-corrected chi connectivity index (χ0v) is 22.0. The van der Waals surface area contributed by atoms with Crippen LogP contribution in [0.25, 0.3) is 10.9 Å². The fraction of sp³-hybridized carbons (Fsp3) is 0.536. The van der Waals surface area contributed by atoms with Gasteiger partial charge in [0.15, 0.2) is 0 Å². The third-order valence-electron chi connectivity index (χ3n) is 8.25. The third-order valence-corrected chi connectivity index (χ3v) is 8.25. The average molecular weight is 523 g/mol. The number of aromatic nitrogens is 2. The molecule has 2 N–H and O–H groups in total. The number of benzene rings is 1. The topological polar surface area (TPSA) is 131 Å². The lowest BCUT2D eigenvalue weighted by Crippen LogP contribution is -2.49. The highest BCUT2D eigenvalue weighted by Crippen LogP contribution is 2.46. The number of carboxylic acid groups (broad SMARTS) is 1. The Morgan fingerprint density at radius 2 is 1.97 bits per heavy atom. The minimum atomic E-state index is -1.31. The van der Waals surface area contributed by atoms with E-state index in [-0.39, 0.29) is 18.2 Å². The highest BCUT2D eigenvalue weighted by Gasteiger charge is 2.61. The highest BCUT2D eigenvalue weighted by atomic mass is 16.5. The van der Waals surface area contributed by atoms with Crippen LogP contribution in [0, 0.1) is 24.7 Å². The molecule has 1 aliphatic heterocycles. The van der Waals surface area contributed by atoms with Gasteiger partial charge in [-0.3, -0.25) is 9.59 Å². The Hall–Kier alpha value is -3.69. The first kappa shape index (κ1) is 25.9. The molecule has 1 aromatic heterocycles. The molecule has 5 rings (SSSR count). The molecule has 2 aromatic rings. The van der Waals surface area contributed by atoms with E-state index in [2.05, 4.69) is 15.3 Å². The number of ether oxygens (including phenoxy) is 2. The minimum absolute atomic E-state index is 0.117. The smallest absolute Gasteiger partial charge is 0.330 e. The van der Waals surface area contributed by atoms with Crippen molar-refractivity contribution in [3.63, 3.8) is 0 Å². The zero-order valence-electron chi connectivity index (χ0n) is 22.0. The van der Waals surface area contributed by atoms with E-state index in [0.717, 1.165) is 30.2 Å². The summed E-state index contributed by atoms with van der Waals surface area (Å²) in [4.78, 5) is 49.6. The fourth-order valence-corrected chi connectivity index (χ4v) is 5.89. The molecular formula is C28H34N4O6. The molecule has 1 aromatic carbocycles. The predicted molar refractivity (Wildman–Crippen MR) is 139 cm³/mol. The Morgan fingerprint density at radius 1 is 1.18 bits per heavy atom. The number of carbonyl (C=O) groups is 3. The molecule has 3 aliphatic rings. The number of carbonyl (C=O) groups excluding carboxylic acids is 2. The lowest BCUT2D eigenvalue weighted by atomic mass is 9.93. The Kier molecular flexibility index (Phi) is 6.98. The van der Waals surface area contributed by atoms with Crippen molar-refractivity contribution in [3.05, 3.63) is 36.2 Å². The number of amides is 2. The second-order valence-corrected chi connectivity index (χ2v) is 10.7. The lowest BCUT2D eigenvalue weighted by molar-refractivity contribution is -0.145. The van der Waals surface area contributed by atoms with Crippen LogP contribution in [-0.2, 0) is 14.4 Å². The van der Waals surface area contributed by atoms with Crippen molar-refractivity contribution in [2.24, 2.45) is 17.8 Å². The zero-order chi connectivity index (χ0) is 27.0. The Labute approximate surface area is 221 Å². The lowest BCUT2D eigenvalue weighted by Gasteiger charge is -2.26. The molecule has 1 unspecified atom stereocenters. The first-order valence-electron chi connectivity index (χ1n) is 13.2. The van der Waals surface area contributed by atoms with Crippen LogP contribution < -0.4 is 14.8 Å². The number of nitrogens with zero attached hydrogens (tertiary/aromatic N) is 3. The summed E-state index contributed by atoms with van der Waals surface area (Å²) in [6, 6.07) is 3.67. The van der Waals surface area contributed by atoms with Gasteiger partial charge in [-0.15, -0.1) is 0 Å². The molecule has 0 bridgehead atoms. The summed E-state index contributed by atoms with van der Waals surface area (Å²) < 4.78 is 11.7. The van der Waals surface area contributed by atoms with Gasteiger partial charge in [-0.1, -0.05) is 12.2 Å². The van der Waals surface area contributed by atoms with Crippen LogP contribution >= 0.6 is 0 Å². The van der Waals surface area contributed by atoms with Gasteiger partial charge < -0.3 is 24.8 Å². The van der Waals surface area contributed by atoms with Gasteiger partial charge in [0.25, 0.3) is 0 Å². The Morgan fingerprint density at radius 3 is 2.74 bits per heavy atom. The number of rotatable bonds is 4. The number of allylic oxidation sites excluding steroid dienone is 1. The maximum absolute atomic E-state index is 13.5. The molecule has 2 fully saturated rings. The summed E-state index contributed by atoms with van der Waals surface area (Å²) in [6.45, 7) is 2.51. The number of fused-ring (bicyclic) bond motifs is 3. The number of carboxylic acids is 1. The molecule has 38 heavy (non-hydrogen) atoms. The Balaban J connectivity index is 1.42.